The van der Waals surface area contributed by atoms with E-state index in [-0.39, 0.29) is 0 Å². The van der Waals surface area contributed by atoms with E-state index in [0.29, 0.717) is 12.1 Å². The Labute approximate surface area is 117 Å². The lowest BCUT2D eigenvalue weighted by molar-refractivity contribution is 0.112. The first-order chi connectivity index (χ1) is 9.24. The Morgan fingerprint density at radius 3 is 2.95 bits per heavy atom. The molecule has 1 aliphatic rings. The van der Waals surface area contributed by atoms with Crippen molar-refractivity contribution in [1.82, 2.24) is 15.2 Å². The number of pyridine rings is 1. The van der Waals surface area contributed by atoms with E-state index in [4.69, 9.17) is 0 Å². The summed E-state index contributed by atoms with van der Waals surface area (Å²) in [6.45, 7) is 9.97. The molecule has 2 heterocycles. The van der Waals surface area contributed by atoms with E-state index >= 15 is 0 Å². The van der Waals surface area contributed by atoms with E-state index in [0.717, 1.165) is 19.6 Å². The minimum atomic E-state index is 0.636. The Balaban J connectivity index is 2.07. The summed E-state index contributed by atoms with van der Waals surface area (Å²) in [4.78, 5) is 7.18. The number of piperazine rings is 1. The summed E-state index contributed by atoms with van der Waals surface area (Å²) in [5.41, 5.74) is 2.55. The molecule has 2 unspecified atom stereocenters. The lowest BCUT2D eigenvalue weighted by Gasteiger charge is -2.40. The molecule has 1 N–H and O–H groups in total. The third-order valence-corrected chi connectivity index (χ3v) is 4.20. The quantitative estimate of drug-likeness (QED) is 0.883. The van der Waals surface area contributed by atoms with E-state index in [2.05, 4.69) is 42.0 Å². The number of nitrogens with one attached hydrogen (secondary N) is 1. The van der Waals surface area contributed by atoms with Gasteiger partial charge in [-0.05, 0) is 31.4 Å². The van der Waals surface area contributed by atoms with Crippen LogP contribution in [0.15, 0.2) is 18.3 Å². The van der Waals surface area contributed by atoms with E-state index in [1.54, 1.807) is 0 Å². The zero-order valence-corrected chi connectivity index (χ0v) is 12.5. The van der Waals surface area contributed by atoms with Crippen molar-refractivity contribution >= 4 is 0 Å². The lowest BCUT2D eigenvalue weighted by Crippen LogP contribution is -2.55. The first-order valence-electron chi connectivity index (χ1n) is 7.62. The maximum Gasteiger partial charge on any atom is 0.0573 e. The van der Waals surface area contributed by atoms with Crippen LogP contribution in [0.4, 0.5) is 0 Å². The van der Waals surface area contributed by atoms with Crippen LogP contribution in [-0.2, 0) is 6.54 Å². The molecule has 0 bridgehead atoms. The zero-order chi connectivity index (χ0) is 13.7. The van der Waals surface area contributed by atoms with Crippen LogP contribution in [-0.4, -0.2) is 35.1 Å². The van der Waals surface area contributed by atoms with Gasteiger partial charge in [-0.2, -0.15) is 0 Å². The van der Waals surface area contributed by atoms with E-state index in [9.17, 15) is 0 Å². The second kappa shape index (κ2) is 7.01. The summed E-state index contributed by atoms with van der Waals surface area (Å²) < 4.78 is 0. The van der Waals surface area contributed by atoms with Gasteiger partial charge < -0.3 is 5.32 Å². The third-order valence-electron chi connectivity index (χ3n) is 4.20. The van der Waals surface area contributed by atoms with Crippen molar-refractivity contribution in [3.05, 3.63) is 29.6 Å². The molecule has 106 valence electrons. The Kier molecular flexibility index (Phi) is 5.34. The maximum atomic E-state index is 4.56. The Morgan fingerprint density at radius 1 is 1.42 bits per heavy atom. The lowest BCUT2D eigenvalue weighted by atomic mass is 10.0. The zero-order valence-electron chi connectivity index (χ0n) is 12.5. The average molecular weight is 261 g/mol. The fraction of sp³-hybridized carbons (Fsp3) is 0.688. The van der Waals surface area contributed by atoms with Crippen molar-refractivity contribution in [2.75, 3.05) is 13.1 Å². The van der Waals surface area contributed by atoms with E-state index < -0.39 is 0 Å². The molecule has 1 aromatic heterocycles. The van der Waals surface area contributed by atoms with Gasteiger partial charge in [-0.15, -0.1) is 0 Å². The highest BCUT2D eigenvalue weighted by atomic mass is 15.2. The van der Waals surface area contributed by atoms with Gasteiger partial charge in [0.05, 0.1) is 5.69 Å². The molecule has 1 fully saturated rings. The summed E-state index contributed by atoms with van der Waals surface area (Å²) in [7, 11) is 0. The van der Waals surface area contributed by atoms with Crippen molar-refractivity contribution in [3.63, 3.8) is 0 Å². The Bertz CT molecular complexity index is 391. The summed E-state index contributed by atoms with van der Waals surface area (Å²) in [5, 5.41) is 3.67. The van der Waals surface area contributed by atoms with Gasteiger partial charge in [0.2, 0.25) is 0 Å². The standard InChI is InChI=1S/C16H27N3/c1-4-7-15-10-18-14(5-2)11-19(15)12-16-13(3)8-6-9-17-16/h6,8-9,14-15,18H,4-5,7,10-12H2,1-3H3. The predicted molar refractivity (Wildman–Crippen MR) is 80.2 cm³/mol. The van der Waals surface area contributed by atoms with Crippen molar-refractivity contribution in [2.45, 2.75) is 58.7 Å². The molecule has 0 radical (unpaired) electrons. The van der Waals surface area contributed by atoms with Crippen LogP contribution < -0.4 is 5.32 Å². The molecule has 19 heavy (non-hydrogen) atoms. The van der Waals surface area contributed by atoms with Gasteiger partial charge in [0.15, 0.2) is 0 Å². The van der Waals surface area contributed by atoms with Crippen LogP contribution in [0, 0.1) is 6.92 Å². The summed E-state index contributed by atoms with van der Waals surface area (Å²) in [6, 6.07) is 5.48. The molecule has 2 atom stereocenters. The molecule has 1 aromatic rings. The van der Waals surface area contributed by atoms with E-state index in [1.807, 2.05) is 12.3 Å². The maximum absolute atomic E-state index is 4.56. The highest BCUT2D eigenvalue weighted by Gasteiger charge is 2.26. The van der Waals surface area contributed by atoms with Gasteiger partial charge in [0.1, 0.15) is 0 Å². The minimum Gasteiger partial charge on any atom is -0.311 e. The first-order valence-corrected chi connectivity index (χ1v) is 7.62. The molecule has 1 aliphatic heterocycles. The number of hydrogen-bond donors (Lipinski definition) is 1. The SMILES string of the molecule is CCCC1CNC(CC)CN1Cc1ncccc1C. The molecule has 2 rings (SSSR count). The molecule has 1 saturated heterocycles. The summed E-state index contributed by atoms with van der Waals surface area (Å²) in [5.74, 6) is 0. The van der Waals surface area contributed by atoms with Crippen LogP contribution in [0.1, 0.15) is 44.4 Å². The smallest absolute Gasteiger partial charge is 0.0573 e. The minimum absolute atomic E-state index is 0.636. The summed E-state index contributed by atoms with van der Waals surface area (Å²) >= 11 is 0. The molecule has 0 saturated carbocycles. The van der Waals surface area contributed by atoms with Crippen LogP contribution in [0.2, 0.25) is 0 Å². The predicted octanol–water partition coefficient (Wildman–Crippen LogP) is 2.74. The first kappa shape index (κ1) is 14.5. The molecular formula is C16H27N3. The number of hydrogen-bond acceptors (Lipinski definition) is 3. The van der Waals surface area contributed by atoms with Crippen LogP contribution in [0.5, 0.6) is 0 Å². The van der Waals surface area contributed by atoms with Gasteiger partial charge in [-0.1, -0.05) is 26.3 Å². The molecule has 0 amide bonds. The second-order valence-corrected chi connectivity index (χ2v) is 5.65. The fourth-order valence-corrected chi connectivity index (χ4v) is 2.89. The van der Waals surface area contributed by atoms with Crippen molar-refractivity contribution in [3.8, 4) is 0 Å². The third kappa shape index (κ3) is 3.77. The molecule has 3 heteroatoms. The van der Waals surface area contributed by atoms with Gasteiger partial charge in [-0.3, -0.25) is 9.88 Å². The van der Waals surface area contributed by atoms with Crippen molar-refractivity contribution in [2.24, 2.45) is 0 Å². The number of nitrogens with zero attached hydrogens (tertiary/aromatic N) is 2. The number of rotatable bonds is 5. The summed E-state index contributed by atoms with van der Waals surface area (Å²) in [6.07, 6.45) is 5.64. The second-order valence-electron chi connectivity index (χ2n) is 5.65. The monoisotopic (exact) mass is 261 g/mol. The van der Waals surface area contributed by atoms with Gasteiger partial charge in [-0.25, -0.2) is 0 Å². The Morgan fingerprint density at radius 2 is 2.26 bits per heavy atom. The van der Waals surface area contributed by atoms with E-state index in [1.165, 1.54) is 30.5 Å². The highest BCUT2D eigenvalue weighted by Crippen LogP contribution is 2.17. The van der Waals surface area contributed by atoms with Gasteiger partial charge in [0.25, 0.3) is 0 Å². The molecule has 0 aliphatic carbocycles. The number of aryl methyl sites for hydroxylation is 1. The van der Waals surface area contributed by atoms with Gasteiger partial charge in [0, 0.05) is 37.9 Å². The van der Waals surface area contributed by atoms with Crippen molar-refractivity contribution < 1.29 is 0 Å². The average Bonchev–Trinajstić information content (AvgIpc) is 2.43. The topological polar surface area (TPSA) is 28.2 Å². The molecular weight excluding hydrogens is 234 g/mol. The van der Waals surface area contributed by atoms with Crippen LogP contribution in [0.3, 0.4) is 0 Å². The van der Waals surface area contributed by atoms with Crippen LogP contribution in [0.25, 0.3) is 0 Å². The Hall–Kier alpha value is -0.930. The normalized spacial score (nSPS) is 24.6. The fourth-order valence-electron chi connectivity index (χ4n) is 2.89. The molecule has 3 nitrogen and oxygen atoms in total. The highest BCUT2D eigenvalue weighted by molar-refractivity contribution is 5.17. The van der Waals surface area contributed by atoms with Crippen LogP contribution >= 0.6 is 0 Å². The largest absolute Gasteiger partial charge is 0.311 e. The van der Waals surface area contributed by atoms with Crippen molar-refractivity contribution in [1.29, 1.82) is 0 Å². The number of aromatic nitrogens is 1. The van der Waals surface area contributed by atoms with Gasteiger partial charge >= 0.3 is 0 Å². The molecule has 0 spiro atoms. The molecule has 0 aromatic carbocycles.